The SMILES string of the molecule is Cc1cccc(C)c1NC(=O)CSC(=O)c1ccc([N+](=O)[O-])cc1. The van der Waals surface area contributed by atoms with Gasteiger partial charge in [-0.25, -0.2) is 0 Å². The molecule has 0 bridgehead atoms. The molecule has 0 atom stereocenters. The summed E-state index contributed by atoms with van der Waals surface area (Å²) in [6.45, 7) is 3.80. The number of hydrogen-bond donors (Lipinski definition) is 1. The Hall–Kier alpha value is -2.67. The Balaban J connectivity index is 1.94. The minimum atomic E-state index is -0.528. The highest BCUT2D eigenvalue weighted by Crippen LogP contribution is 2.21. The van der Waals surface area contributed by atoms with Crippen LogP contribution in [0.3, 0.4) is 0 Å². The number of amides is 1. The number of para-hydroxylation sites is 1. The molecule has 0 aliphatic heterocycles. The minimum Gasteiger partial charge on any atom is -0.325 e. The summed E-state index contributed by atoms with van der Waals surface area (Å²) >= 11 is 0.862. The number of nitrogens with zero attached hydrogens (tertiary/aromatic N) is 1. The molecule has 2 aromatic rings. The second-order valence-electron chi connectivity index (χ2n) is 5.20. The molecule has 0 radical (unpaired) electrons. The first kappa shape index (κ1) is 17.7. The highest BCUT2D eigenvalue weighted by atomic mass is 32.2. The topological polar surface area (TPSA) is 89.3 Å². The van der Waals surface area contributed by atoms with E-state index >= 15 is 0 Å². The number of nitro benzene ring substituents is 1. The summed E-state index contributed by atoms with van der Waals surface area (Å²) in [6.07, 6.45) is 0. The van der Waals surface area contributed by atoms with E-state index in [1.165, 1.54) is 24.3 Å². The number of aryl methyl sites for hydroxylation is 2. The second kappa shape index (κ2) is 7.74. The first-order valence-corrected chi connectivity index (χ1v) is 8.14. The molecule has 0 fully saturated rings. The number of rotatable bonds is 5. The van der Waals surface area contributed by atoms with Gasteiger partial charge in [-0.2, -0.15) is 0 Å². The molecule has 0 saturated heterocycles. The highest BCUT2D eigenvalue weighted by molar-refractivity contribution is 8.14. The van der Waals surface area contributed by atoms with Crippen LogP contribution in [0.25, 0.3) is 0 Å². The first-order chi connectivity index (χ1) is 11.4. The van der Waals surface area contributed by atoms with Crippen LogP contribution in [-0.2, 0) is 4.79 Å². The van der Waals surface area contributed by atoms with E-state index in [-0.39, 0.29) is 22.5 Å². The van der Waals surface area contributed by atoms with Crippen molar-refractivity contribution in [2.24, 2.45) is 0 Å². The number of non-ortho nitro benzene ring substituents is 1. The van der Waals surface area contributed by atoms with E-state index in [4.69, 9.17) is 0 Å². The normalized spacial score (nSPS) is 10.2. The molecule has 0 unspecified atom stereocenters. The van der Waals surface area contributed by atoms with E-state index in [1.54, 1.807) is 0 Å². The number of benzene rings is 2. The third-order valence-corrected chi connectivity index (χ3v) is 4.30. The summed E-state index contributed by atoms with van der Waals surface area (Å²) in [7, 11) is 0. The van der Waals surface area contributed by atoms with Crippen molar-refractivity contribution in [3.8, 4) is 0 Å². The number of nitro groups is 1. The molecule has 2 aromatic carbocycles. The van der Waals surface area contributed by atoms with E-state index in [2.05, 4.69) is 5.32 Å². The number of carbonyl (C=O) groups is 2. The van der Waals surface area contributed by atoms with Crippen molar-refractivity contribution in [1.82, 2.24) is 0 Å². The number of anilines is 1. The Bertz CT molecular complexity index is 767. The Kier molecular flexibility index (Phi) is 5.70. The number of thioether (sulfide) groups is 1. The smallest absolute Gasteiger partial charge is 0.269 e. The lowest BCUT2D eigenvalue weighted by atomic mass is 10.1. The molecule has 0 spiro atoms. The average Bonchev–Trinajstić information content (AvgIpc) is 2.56. The number of nitrogens with one attached hydrogen (secondary N) is 1. The molecule has 0 aromatic heterocycles. The van der Waals surface area contributed by atoms with Crippen molar-refractivity contribution in [1.29, 1.82) is 0 Å². The van der Waals surface area contributed by atoms with Gasteiger partial charge in [0.25, 0.3) is 5.69 Å². The highest BCUT2D eigenvalue weighted by Gasteiger charge is 2.13. The van der Waals surface area contributed by atoms with Gasteiger partial charge in [-0.05, 0) is 37.1 Å². The van der Waals surface area contributed by atoms with Crippen LogP contribution in [0.2, 0.25) is 0 Å². The second-order valence-corrected chi connectivity index (χ2v) is 6.14. The summed E-state index contributed by atoms with van der Waals surface area (Å²) in [5.74, 6) is -0.295. The number of hydrogen-bond acceptors (Lipinski definition) is 5. The summed E-state index contributed by atoms with van der Waals surface area (Å²) in [5, 5.41) is 13.1. The van der Waals surface area contributed by atoms with Gasteiger partial charge < -0.3 is 5.32 Å². The van der Waals surface area contributed by atoms with Crippen LogP contribution in [0.5, 0.6) is 0 Å². The van der Waals surface area contributed by atoms with E-state index in [0.717, 1.165) is 28.6 Å². The molecule has 124 valence electrons. The van der Waals surface area contributed by atoms with Crippen molar-refractivity contribution in [3.63, 3.8) is 0 Å². The van der Waals surface area contributed by atoms with Crippen LogP contribution in [0.1, 0.15) is 21.5 Å². The Morgan fingerprint density at radius 1 is 1.08 bits per heavy atom. The predicted octanol–water partition coefficient (Wildman–Crippen LogP) is 3.72. The molecule has 6 nitrogen and oxygen atoms in total. The fraction of sp³-hybridized carbons (Fsp3) is 0.176. The van der Waals surface area contributed by atoms with Gasteiger partial charge in [0.05, 0.1) is 10.7 Å². The van der Waals surface area contributed by atoms with Crippen LogP contribution in [0.15, 0.2) is 42.5 Å². The lowest BCUT2D eigenvalue weighted by Crippen LogP contribution is -2.16. The summed E-state index contributed by atoms with van der Waals surface area (Å²) in [4.78, 5) is 34.1. The first-order valence-electron chi connectivity index (χ1n) is 7.16. The maximum Gasteiger partial charge on any atom is 0.269 e. The quantitative estimate of drug-likeness (QED) is 0.659. The molecule has 1 amide bonds. The number of carbonyl (C=O) groups excluding carboxylic acids is 2. The van der Waals surface area contributed by atoms with Gasteiger partial charge in [-0.1, -0.05) is 30.0 Å². The summed E-state index contributed by atoms with van der Waals surface area (Å²) < 4.78 is 0. The Morgan fingerprint density at radius 2 is 1.67 bits per heavy atom. The Labute approximate surface area is 143 Å². The summed E-state index contributed by atoms with van der Waals surface area (Å²) in [6, 6.07) is 11.0. The van der Waals surface area contributed by atoms with Gasteiger partial charge >= 0.3 is 0 Å². The van der Waals surface area contributed by atoms with E-state index in [1.807, 2.05) is 32.0 Å². The molecule has 24 heavy (non-hydrogen) atoms. The van der Waals surface area contributed by atoms with Crippen molar-refractivity contribution in [2.45, 2.75) is 13.8 Å². The zero-order chi connectivity index (χ0) is 17.7. The molecule has 1 N–H and O–H groups in total. The molecule has 7 heteroatoms. The average molecular weight is 344 g/mol. The molecule has 0 saturated carbocycles. The standard InChI is InChI=1S/C17H16N2O4S/c1-11-4-3-5-12(2)16(11)18-15(20)10-24-17(21)13-6-8-14(9-7-13)19(22)23/h3-9H,10H2,1-2H3,(H,18,20). The van der Waals surface area contributed by atoms with Gasteiger partial charge in [0.1, 0.15) is 0 Å². The van der Waals surface area contributed by atoms with Gasteiger partial charge in [0, 0.05) is 23.4 Å². The van der Waals surface area contributed by atoms with Crippen molar-refractivity contribution < 1.29 is 14.5 Å². The monoisotopic (exact) mass is 344 g/mol. The minimum absolute atomic E-state index is 0.0242. The van der Waals surface area contributed by atoms with Gasteiger partial charge in [-0.15, -0.1) is 0 Å². The van der Waals surface area contributed by atoms with Gasteiger partial charge in [0.15, 0.2) is 0 Å². The van der Waals surface area contributed by atoms with E-state index in [0.29, 0.717) is 5.56 Å². The van der Waals surface area contributed by atoms with Crippen LogP contribution in [0, 0.1) is 24.0 Å². The molecule has 2 rings (SSSR count). The lowest BCUT2D eigenvalue weighted by molar-refractivity contribution is -0.384. The maximum absolute atomic E-state index is 12.0. The summed E-state index contributed by atoms with van der Waals surface area (Å²) in [5.41, 5.74) is 2.91. The zero-order valence-electron chi connectivity index (χ0n) is 13.2. The van der Waals surface area contributed by atoms with Crippen molar-refractivity contribution >= 4 is 34.2 Å². The van der Waals surface area contributed by atoms with Crippen LogP contribution >= 0.6 is 11.8 Å². The molecule has 0 aliphatic rings. The molecule has 0 aliphatic carbocycles. The molecular formula is C17H16N2O4S. The fourth-order valence-electron chi connectivity index (χ4n) is 2.12. The lowest BCUT2D eigenvalue weighted by Gasteiger charge is -2.11. The predicted molar refractivity (Wildman–Crippen MR) is 94.4 cm³/mol. The molecule has 0 heterocycles. The Morgan fingerprint density at radius 3 is 2.21 bits per heavy atom. The zero-order valence-corrected chi connectivity index (χ0v) is 14.1. The third-order valence-electron chi connectivity index (χ3n) is 3.39. The van der Waals surface area contributed by atoms with Crippen LogP contribution in [-0.4, -0.2) is 21.7 Å². The largest absolute Gasteiger partial charge is 0.325 e. The third kappa shape index (κ3) is 4.42. The fourth-order valence-corrected chi connectivity index (χ4v) is 2.76. The van der Waals surface area contributed by atoms with E-state index < -0.39 is 4.92 Å². The van der Waals surface area contributed by atoms with Crippen molar-refractivity contribution in [2.75, 3.05) is 11.1 Å². The van der Waals surface area contributed by atoms with E-state index in [9.17, 15) is 19.7 Å². The van der Waals surface area contributed by atoms with Gasteiger partial charge in [-0.3, -0.25) is 19.7 Å². The van der Waals surface area contributed by atoms with Gasteiger partial charge in [0.2, 0.25) is 11.0 Å². The molecular weight excluding hydrogens is 328 g/mol. The van der Waals surface area contributed by atoms with Crippen LogP contribution < -0.4 is 5.32 Å². The van der Waals surface area contributed by atoms with Crippen LogP contribution in [0.4, 0.5) is 11.4 Å². The maximum atomic E-state index is 12.0. The van der Waals surface area contributed by atoms with Crippen molar-refractivity contribution in [3.05, 3.63) is 69.3 Å².